The molecule has 0 heterocycles. The van der Waals surface area contributed by atoms with Gasteiger partial charge in [-0.3, -0.25) is 9.00 Å². The van der Waals surface area contributed by atoms with Crippen molar-refractivity contribution in [2.75, 3.05) is 0 Å². The fourth-order valence-electron chi connectivity index (χ4n) is 1.67. The van der Waals surface area contributed by atoms with Crippen LogP contribution in [0.1, 0.15) is 15.9 Å². The van der Waals surface area contributed by atoms with Gasteiger partial charge in [0, 0.05) is 5.56 Å². The largest absolute Gasteiger partial charge is 0.288 e. The van der Waals surface area contributed by atoms with E-state index in [1.807, 2.05) is 36.4 Å². The molecule has 2 nitrogen and oxygen atoms in total. The normalized spacial score (nSPS) is 11.8. The van der Waals surface area contributed by atoms with Gasteiger partial charge in [-0.15, -0.1) is 0 Å². The summed E-state index contributed by atoms with van der Waals surface area (Å²) in [5.74, 6) is 0.0630. The third kappa shape index (κ3) is 3.48. The fraction of sp³-hybridized carbons (Fsp3) is 0.0625. The minimum atomic E-state index is -1.39. The number of hydrogen-bond acceptors (Lipinski definition) is 2. The summed E-state index contributed by atoms with van der Waals surface area (Å²) in [6.45, 7) is 3.68. The average Bonchev–Trinajstić information content (AvgIpc) is 2.47. The first-order valence-electron chi connectivity index (χ1n) is 5.89. The predicted octanol–water partition coefficient (Wildman–Crippen LogP) is 3.33. The summed E-state index contributed by atoms with van der Waals surface area (Å²) in [5, 5.41) is 0. The van der Waals surface area contributed by atoms with Gasteiger partial charge in [-0.05, 0) is 5.56 Å². The summed E-state index contributed by atoms with van der Waals surface area (Å²) in [5.41, 5.74) is 1.46. The lowest BCUT2D eigenvalue weighted by Crippen LogP contribution is -2.09. The Morgan fingerprint density at radius 1 is 0.947 bits per heavy atom. The van der Waals surface area contributed by atoms with Gasteiger partial charge < -0.3 is 0 Å². The Morgan fingerprint density at radius 3 is 2.05 bits per heavy atom. The van der Waals surface area contributed by atoms with Crippen molar-refractivity contribution in [3.05, 3.63) is 83.3 Å². The third-order valence-electron chi connectivity index (χ3n) is 2.70. The molecule has 96 valence electrons. The Morgan fingerprint density at radius 2 is 1.47 bits per heavy atom. The maximum atomic E-state index is 12.1. The summed E-state index contributed by atoms with van der Waals surface area (Å²) >= 11 is 0. The van der Waals surface area contributed by atoms with E-state index in [2.05, 4.69) is 6.58 Å². The SMILES string of the molecule is C=C(C(=O)c1ccccc1)S(=O)Cc1ccccc1. The summed E-state index contributed by atoms with van der Waals surface area (Å²) in [4.78, 5) is 12.2. The first kappa shape index (κ1) is 13.4. The molecule has 0 aliphatic heterocycles. The molecule has 0 aliphatic rings. The first-order chi connectivity index (χ1) is 9.18. The molecule has 0 radical (unpaired) electrons. The molecule has 3 heteroatoms. The quantitative estimate of drug-likeness (QED) is 0.617. The molecular weight excluding hydrogens is 256 g/mol. The summed E-state index contributed by atoms with van der Waals surface area (Å²) in [6, 6.07) is 18.2. The van der Waals surface area contributed by atoms with Gasteiger partial charge >= 0.3 is 0 Å². The highest BCUT2D eigenvalue weighted by atomic mass is 32.2. The van der Waals surface area contributed by atoms with Crippen LogP contribution >= 0.6 is 0 Å². The standard InChI is InChI=1S/C16H14O2S/c1-13(16(17)15-10-6-3-7-11-15)19(18)12-14-8-4-2-5-9-14/h2-11H,1,12H2. The molecule has 2 rings (SSSR count). The molecule has 19 heavy (non-hydrogen) atoms. The monoisotopic (exact) mass is 270 g/mol. The van der Waals surface area contributed by atoms with E-state index in [9.17, 15) is 9.00 Å². The molecular formula is C16H14O2S. The zero-order valence-electron chi connectivity index (χ0n) is 10.4. The molecule has 1 unspecified atom stereocenters. The third-order valence-corrected chi connectivity index (χ3v) is 4.04. The van der Waals surface area contributed by atoms with Gasteiger partial charge in [-0.1, -0.05) is 67.2 Å². The van der Waals surface area contributed by atoms with Gasteiger partial charge in [0.1, 0.15) is 0 Å². The van der Waals surface area contributed by atoms with Crippen molar-refractivity contribution in [3.63, 3.8) is 0 Å². The number of rotatable bonds is 5. The van der Waals surface area contributed by atoms with Gasteiger partial charge in [-0.25, -0.2) is 0 Å². The van der Waals surface area contributed by atoms with Crippen LogP contribution in [-0.2, 0) is 16.6 Å². The van der Waals surface area contributed by atoms with Crippen LogP contribution < -0.4 is 0 Å². The Hall–Kier alpha value is -2.00. The number of carbonyl (C=O) groups excluding carboxylic acids is 1. The summed E-state index contributed by atoms with van der Waals surface area (Å²) < 4.78 is 12.1. The van der Waals surface area contributed by atoms with Crippen molar-refractivity contribution >= 4 is 16.6 Å². The number of ketones is 1. The molecule has 0 N–H and O–H groups in total. The van der Waals surface area contributed by atoms with Crippen LogP contribution in [0.3, 0.4) is 0 Å². The second-order valence-electron chi connectivity index (χ2n) is 4.09. The van der Waals surface area contributed by atoms with Crippen LogP contribution in [0.15, 0.2) is 72.1 Å². The molecule has 0 aliphatic carbocycles. The molecule has 0 amide bonds. The van der Waals surface area contributed by atoms with E-state index in [0.29, 0.717) is 11.3 Å². The molecule has 0 saturated carbocycles. The topological polar surface area (TPSA) is 34.1 Å². The van der Waals surface area contributed by atoms with Crippen molar-refractivity contribution in [2.45, 2.75) is 5.75 Å². The highest BCUT2D eigenvalue weighted by molar-refractivity contribution is 7.89. The van der Waals surface area contributed by atoms with Crippen molar-refractivity contribution in [1.82, 2.24) is 0 Å². The summed E-state index contributed by atoms with van der Waals surface area (Å²) in [6.07, 6.45) is 0. The minimum absolute atomic E-state index is 0.148. The molecule has 0 aromatic heterocycles. The molecule has 2 aromatic rings. The molecule has 0 bridgehead atoms. The number of benzene rings is 2. The van der Waals surface area contributed by atoms with E-state index in [1.165, 1.54) is 0 Å². The maximum Gasteiger partial charge on any atom is 0.201 e. The van der Waals surface area contributed by atoms with E-state index >= 15 is 0 Å². The molecule has 0 saturated heterocycles. The van der Waals surface area contributed by atoms with E-state index in [-0.39, 0.29) is 10.7 Å². The lowest BCUT2D eigenvalue weighted by Gasteiger charge is -2.05. The second-order valence-corrected chi connectivity index (χ2v) is 5.57. The lowest BCUT2D eigenvalue weighted by atomic mass is 10.1. The van der Waals surface area contributed by atoms with Gasteiger partial charge in [0.25, 0.3) is 0 Å². The van der Waals surface area contributed by atoms with Crippen LogP contribution in [0.2, 0.25) is 0 Å². The smallest absolute Gasteiger partial charge is 0.201 e. The van der Waals surface area contributed by atoms with Crippen molar-refractivity contribution in [1.29, 1.82) is 0 Å². The molecule has 0 fully saturated rings. The highest BCUT2D eigenvalue weighted by Crippen LogP contribution is 2.14. The predicted molar refractivity (Wildman–Crippen MR) is 78.2 cm³/mol. The van der Waals surface area contributed by atoms with E-state index in [4.69, 9.17) is 0 Å². The highest BCUT2D eigenvalue weighted by Gasteiger charge is 2.16. The van der Waals surface area contributed by atoms with Crippen molar-refractivity contribution < 1.29 is 9.00 Å². The van der Waals surface area contributed by atoms with Crippen LogP contribution in [-0.4, -0.2) is 9.99 Å². The lowest BCUT2D eigenvalue weighted by molar-refractivity contribution is 0.104. The fourth-order valence-corrected chi connectivity index (χ4v) is 2.66. The number of allylic oxidation sites excluding steroid dienone is 1. The summed E-state index contributed by atoms with van der Waals surface area (Å²) in [7, 11) is -1.39. The Labute approximate surface area is 115 Å². The van der Waals surface area contributed by atoms with Gasteiger partial charge in [0.15, 0.2) is 0 Å². The van der Waals surface area contributed by atoms with Gasteiger partial charge in [-0.2, -0.15) is 0 Å². The molecule has 0 spiro atoms. The maximum absolute atomic E-state index is 12.1. The van der Waals surface area contributed by atoms with E-state index in [0.717, 1.165) is 5.56 Å². The van der Waals surface area contributed by atoms with Gasteiger partial charge in [0.2, 0.25) is 5.78 Å². The van der Waals surface area contributed by atoms with Crippen molar-refractivity contribution in [2.24, 2.45) is 0 Å². The zero-order chi connectivity index (χ0) is 13.7. The molecule has 2 aromatic carbocycles. The first-order valence-corrected chi connectivity index (χ1v) is 7.21. The van der Waals surface area contributed by atoms with E-state index < -0.39 is 10.8 Å². The van der Waals surface area contributed by atoms with Crippen LogP contribution in [0.4, 0.5) is 0 Å². The minimum Gasteiger partial charge on any atom is -0.288 e. The number of hydrogen-bond donors (Lipinski definition) is 0. The Balaban J connectivity index is 2.08. The van der Waals surface area contributed by atoms with Crippen LogP contribution in [0.5, 0.6) is 0 Å². The Kier molecular flexibility index (Phi) is 4.42. The number of Topliss-reactive ketones (excluding diaryl/α,β-unsaturated/α-hetero) is 1. The van der Waals surface area contributed by atoms with Crippen LogP contribution in [0.25, 0.3) is 0 Å². The zero-order valence-corrected chi connectivity index (χ0v) is 11.2. The van der Waals surface area contributed by atoms with Crippen molar-refractivity contribution in [3.8, 4) is 0 Å². The number of carbonyl (C=O) groups is 1. The van der Waals surface area contributed by atoms with Crippen LogP contribution in [0, 0.1) is 0 Å². The second kappa shape index (κ2) is 6.25. The Bertz CT molecular complexity index is 603. The molecule has 1 atom stereocenters. The average molecular weight is 270 g/mol. The van der Waals surface area contributed by atoms with Gasteiger partial charge in [0.05, 0.1) is 21.5 Å². The van der Waals surface area contributed by atoms with E-state index in [1.54, 1.807) is 24.3 Å².